The quantitative estimate of drug-likeness (QED) is 0.419. The third-order valence-electron chi connectivity index (χ3n) is 3.51. The van der Waals surface area contributed by atoms with Crippen molar-refractivity contribution in [3.8, 4) is 11.3 Å². The highest BCUT2D eigenvalue weighted by molar-refractivity contribution is 5.55. The van der Waals surface area contributed by atoms with Gasteiger partial charge in [0.2, 0.25) is 5.69 Å². The molecule has 1 heterocycles. The zero-order chi connectivity index (χ0) is 15.4. The Morgan fingerprint density at radius 2 is 1.55 bits per heavy atom. The van der Waals surface area contributed by atoms with Gasteiger partial charge in [0, 0.05) is 35.4 Å². The Kier molecular flexibility index (Phi) is 3.92. The van der Waals surface area contributed by atoms with Crippen LogP contribution in [0.4, 0.5) is 5.69 Å². The first kappa shape index (κ1) is 13.9. The molecule has 22 heavy (non-hydrogen) atoms. The van der Waals surface area contributed by atoms with E-state index in [2.05, 4.69) is 22.8 Å². The normalized spacial score (nSPS) is 10.4. The minimum absolute atomic E-state index is 0.116. The number of nitro groups is 1. The summed E-state index contributed by atoms with van der Waals surface area (Å²) in [4.78, 5) is 10.3. The van der Waals surface area contributed by atoms with Crippen molar-refractivity contribution in [2.24, 2.45) is 0 Å². The van der Waals surface area contributed by atoms with E-state index in [0.717, 1.165) is 16.8 Å². The highest BCUT2D eigenvalue weighted by Gasteiger charge is 2.13. The molecule has 0 atom stereocenters. The second-order valence-corrected chi connectivity index (χ2v) is 5.00. The Balaban J connectivity index is 1.91. The van der Waals surface area contributed by atoms with Crippen molar-refractivity contribution in [1.82, 2.24) is 0 Å². The van der Waals surface area contributed by atoms with E-state index >= 15 is 0 Å². The largest absolute Gasteiger partial charge is 0.269 e. The van der Waals surface area contributed by atoms with Crippen molar-refractivity contribution < 1.29 is 9.49 Å². The fourth-order valence-electron chi connectivity index (χ4n) is 2.40. The van der Waals surface area contributed by atoms with Gasteiger partial charge >= 0.3 is 0 Å². The van der Waals surface area contributed by atoms with Gasteiger partial charge in [0.1, 0.15) is 0 Å². The molecule has 0 bridgehead atoms. The molecule has 108 valence electrons. The fourth-order valence-corrected chi connectivity index (χ4v) is 2.40. The molecule has 0 amide bonds. The van der Waals surface area contributed by atoms with Crippen molar-refractivity contribution in [2.75, 3.05) is 0 Å². The molecule has 4 nitrogen and oxygen atoms in total. The van der Waals surface area contributed by atoms with E-state index in [1.807, 2.05) is 36.5 Å². The van der Waals surface area contributed by atoms with E-state index in [1.165, 1.54) is 0 Å². The predicted molar refractivity (Wildman–Crippen MR) is 84.3 cm³/mol. The molecule has 0 fully saturated rings. The summed E-state index contributed by atoms with van der Waals surface area (Å²) >= 11 is 0. The van der Waals surface area contributed by atoms with Crippen LogP contribution in [0, 0.1) is 10.1 Å². The lowest BCUT2D eigenvalue weighted by Crippen LogP contribution is -2.36. The fraction of sp³-hybridized carbons (Fsp3) is 0.0556. The van der Waals surface area contributed by atoms with Crippen LogP contribution < -0.4 is 4.57 Å². The summed E-state index contributed by atoms with van der Waals surface area (Å²) < 4.78 is 2.14. The molecule has 0 radical (unpaired) electrons. The van der Waals surface area contributed by atoms with Crippen LogP contribution >= 0.6 is 0 Å². The van der Waals surface area contributed by atoms with Gasteiger partial charge < -0.3 is 0 Å². The van der Waals surface area contributed by atoms with Crippen LogP contribution in [0.3, 0.4) is 0 Å². The molecule has 0 N–H and O–H groups in total. The van der Waals surface area contributed by atoms with E-state index in [9.17, 15) is 10.1 Å². The first-order chi connectivity index (χ1) is 10.7. The van der Waals surface area contributed by atoms with E-state index in [0.29, 0.717) is 6.54 Å². The Labute approximate surface area is 128 Å². The summed E-state index contributed by atoms with van der Waals surface area (Å²) in [6, 6.07) is 22.9. The summed E-state index contributed by atoms with van der Waals surface area (Å²) in [5.41, 5.74) is 3.40. The number of rotatable bonds is 4. The van der Waals surface area contributed by atoms with Crippen LogP contribution in [0.15, 0.2) is 79.0 Å². The lowest BCUT2D eigenvalue weighted by molar-refractivity contribution is -0.677. The number of non-ortho nitro benzene ring substituents is 1. The molecule has 0 aliphatic heterocycles. The van der Waals surface area contributed by atoms with Gasteiger partial charge in [0.15, 0.2) is 12.7 Å². The molecule has 0 saturated carbocycles. The van der Waals surface area contributed by atoms with Crippen LogP contribution in [0.2, 0.25) is 0 Å². The summed E-state index contributed by atoms with van der Waals surface area (Å²) in [5.74, 6) is 0. The minimum Gasteiger partial charge on any atom is -0.258 e. The SMILES string of the molecule is O=[N+]([O-])c1ccc(C[n+]2ccccc2-c2ccccc2)cc1. The first-order valence-corrected chi connectivity index (χ1v) is 7.01. The van der Waals surface area contributed by atoms with Gasteiger partial charge in [-0.15, -0.1) is 0 Å². The van der Waals surface area contributed by atoms with Gasteiger partial charge in [-0.1, -0.05) is 18.2 Å². The predicted octanol–water partition coefficient (Wildman–Crippen LogP) is 3.60. The van der Waals surface area contributed by atoms with Crippen molar-refractivity contribution in [1.29, 1.82) is 0 Å². The molecule has 0 aliphatic rings. The number of benzene rings is 2. The summed E-state index contributed by atoms with van der Waals surface area (Å²) in [6.07, 6.45) is 2.02. The van der Waals surface area contributed by atoms with Gasteiger partial charge in [-0.3, -0.25) is 10.1 Å². The van der Waals surface area contributed by atoms with E-state index < -0.39 is 0 Å². The second kappa shape index (κ2) is 6.18. The Morgan fingerprint density at radius 1 is 0.864 bits per heavy atom. The molecule has 2 aromatic carbocycles. The van der Waals surface area contributed by atoms with Crippen LogP contribution in [0.1, 0.15) is 5.56 Å². The molecule has 0 spiro atoms. The third kappa shape index (κ3) is 3.01. The molecule has 0 unspecified atom stereocenters. The molecule has 0 aliphatic carbocycles. The zero-order valence-corrected chi connectivity index (χ0v) is 11.9. The van der Waals surface area contributed by atoms with Crippen molar-refractivity contribution >= 4 is 5.69 Å². The van der Waals surface area contributed by atoms with Crippen LogP contribution in [0.25, 0.3) is 11.3 Å². The summed E-state index contributed by atoms with van der Waals surface area (Å²) in [5, 5.41) is 10.7. The maximum Gasteiger partial charge on any atom is 0.269 e. The number of nitrogens with zero attached hydrogens (tertiary/aromatic N) is 2. The van der Waals surface area contributed by atoms with E-state index in [-0.39, 0.29) is 10.6 Å². The smallest absolute Gasteiger partial charge is 0.258 e. The number of hydrogen-bond donors (Lipinski definition) is 0. The standard InChI is InChI=1S/C18H15N2O2/c21-20(22)17-11-9-15(10-12-17)14-19-13-5-4-8-18(19)16-6-2-1-3-7-16/h1-13H,14H2/q+1. The topological polar surface area (TPSA) is 47.0 Å². The van der Waals surface area contributed by atoms with Crippen molar-refractivity contribution in [3.63, 3.8) is 0 Å². The van der Waals surface area contributed by atoms with Gasteiger partial charge in [0.05, 0.1) is 4.92 Å². The highest BCUT2D eigenvalue weighted by atomic mass is 16.6. The molecule has 1 aromatic heterocycles. The maximum atomic E-state index is 10.7. The number of nitro benzene ring substituents is 1. The molecule has 3 rings (SSSR count). The van der Waals surface area contributed by atoms with Gasteiger partial charge in [-0.2, -0.15) is 4.57 Å². The highest BCUT2D eigenvalue weighted by Crippen LogP contribution is 2.16. The molecule has 3 aromatic rings. The Morgan fingerprint density at radius 3 is 2.23 bits per heavy atom. The summed E-state index contributed by atoms with van der Waals surface area (Å²) in [7, 11) is 0. The molecule has 4 heteroatoms. The maximum absolute atomic E-state index is 10.7. The number of aromatic nitrogens is 1. The second-order valence-electron chi connectivity index (χ2n) is 5.00. The molecule has 0 saturated heterocycles. The van der Waals surface area contributed by atoms with Gasteiger partial charge in [-0.25, -0.2) is 0 Å². The average Bonchev–Trinajstić information content (AvgIpc) is 2.57. The summed E-state index contributed by atoms with van der Waals surface area (Å²) in [6.45, 7) is 0.670. The van der Waals surface area contributed by atoms with Crippen LogP contribution in [-0.4, -0.2) is 4.92 Å². The lowest BCUT2D eigenvalue weighted by Gasteiger charge is -2.04. The van der Waals surface area contributed by atoms with E-state index in [4.69, 9.17) is 0 Å². The average molecular weight is 291 g/mol. The Hall–Kier alpha value is -3.01. The number of hydrogen-bond acceptors (Lipinski definition) is 2. The van der Waals surface area contributed by atoms with Crippen LogP contribution in [0.5, 0.6) is 0 Å². The first-order valence-electron chi connectivity index (χ1n) is 7.01. The lowest BCUT2D eigenvalue weighted by atomic mass is 10.1. The van der Waals surface area contributed by atoms with Crippen molar-refractivity contribution in [3.05, 3.63) is 94.7 Å². The third-order valence-corrected chi connectivity index (χ3v) is 3.51. The molecular weight excluding hydrogens is 276 g/mol. The molecular formula is C18H15N2O2+. The van der Waals surface area contributed by atoms with Crippen molar-refractivity contribution in [2.45, 2.75) is 6.54 Å². The minimum atomic E-state index is -0.380. The zero-order valence-electron chi connectivity index (χ0n) is 11.9. The monoisotopic (exact) mass is 291 g/mol. The van der Waals surface area contributed by atoms with Crippen LogP contribution in [-0.2, 0) is 6.54 Å². The number of pyridine rings is 1. The van der Waals surface area contributed by atoms with E-state index in [1.54, 1.807) is 24.3 Å². The van der Waals surface area contributed by atoms with Gasteiger partial charge in [0.25, 0.3) is 5.69 Å². The Bertz CT molecular complexity index is 784. The van der Waals surface area contributed by atoms with Gasteiger partial charge in [-0.05, 0) is 30.3 Å².